The predicted octanol–water partition coefficient (Wildman–Crippen LogP) is 4.29. The number of hydrogen-bond acceptors (Lipinski definition) is 6. The molecule has 2 aromatic carbocycles. The van der Waals surface area contributed by atoms with E-state index >= 15 is 0 Å². The van der Waals surface area contributed by atoms with Gasteiger partial charge in [-0.1, -0.05) is 36.4 Å². The van der Waals surface area contributed by atoms with Gasteiger partial charge in [-0.3, -0.25) is 4.79 Å². The Kier molecular flexibility index (Phi) is 4.10. The van der Waals surface area contributed by atoms with Crippen molar-refractivity contribution in [3.63, 3.8) is 0 Å². The van der Waals surface area contributed by atoms with Gasteiger partial charge in [0.15, 0.2) is 9.64 Å². The maximum Gasteiger partial charge on any atom is 0.348 e. The number of hydrogen-bond donors (Lipinski definition) is 0. The van der Waals surface area contributed by atoms with Crippen molar-refractivity contribution in [2.75, 3.05) is 0 Å². The topological polar surface area (TPSA) is 73.6 Å². The lowest BCUT2D eigenvalue weighted by atomic mass is 10.1. The van der Waals surface area contributed by atoms with E-state index in [1.165, 1.54) is 30.5 Å². The van der Waals surface area contributed by atoms with Crippen molar-refractivity contribution < 1.29 is 17.0 Å². The Labute approximate surface area is 153 Å². The van der Waals surface area contributed by atoms with E-state index in [9.17, 15) is 13.2 Å². The lowest BCUT2D eigenvalue weighted by Gasteiger charge is -2.07. The van der Waals surface area contributed by atoms with Crippen molar-refractivity contribution in [1.29, 1.82) is 0 Å². The second kappa shape index (κ2) is 6.44. The van der Waals surface area contributed by atoms with Crippen molar-refractivity contribution in [1.82, 2.24) is 0 Å². The van der Waals surface area contributed by atoms with E-state index in [2.05, 4.69) is 0 Å². The minimum absolute atomic E-state index is 0.0847. The van der Waals surface area contributed by atoms with Gasteiger partial charge in [-0.25, -0.2) is 0 Å². The minimum Gasteiger partial charge on any atom is -0.463 e. The molecule has 26 heavy (non-hydrogen) atoms. The fourth-order valence-electron chi connectivity index (χ4n) is 2.55. The molecule has 0 aliphatic rings. The summed E-state index contributed by atoms with van der Waals surface area (Å²) in [5.41, 5.74) is 1.26. The molecular formula is C19H12O5S2. The van der Waals surface area contributed by atoms with Crippen LogP contribution in [0.3, 0.4) is 0 Å². The third-order valence-corrected chi connectivity index (χ3v) is 6.38. The zero-order chi connectivity index (χ0) is 18.1. The predicted molar refractivity (Wildman–Crippen MR) is 100 cm³/mol. The summed E-state index contributed by atoms with van der Waals surface area (Å²) in [5.74, 6) is 0.0847. The second-order valence-electron chi connectivity index (χ2n) is 5.47. The van der Waals surface area contributed by atoms with Crippen LogP contribution in [0.15, 0.2) is 85.7 Å². The molecule has 4 rings (SSSR count). The number of thiophene rings is 1. The van der Waals surface area contributed by atoms with Gasteiger partial charge in [0.25, 0.3) is 0 Å². The Morgan fingerprint density at radius 1 is 0.962 bits per heavy atom. The van der Waals surface area contributed by atoms with Crippen molar-refractivity contribution in [2.45, 2.75) is 4.21 Å². The molecule has 0 unspecified atom stereocenters. The standard InChI is InChI=1S/C19H12O5S2/c20-19-15-9-8-14(24-26(21,22)18-7-4-10-25-18)11-17(15)23-12-16(19)13-5-2-1-3-6-13/h1-12H. The highest BCUT2D eigenvalue weighted by Gasteiger charge is 2.18. The summed E-state index contributed by atoms with van der Waals surface area (Å²) in [6.07, 6.45) is 1.37. The molecule has 0 saturated heterocycles. The Morgan fingerprint density at radius 2 is 1.77 bits per heavy atom. The smallest absolute Gasteiger partial charge is 0.348 e. The molecule has 4 aromatic rings. The average molecular weight is 384 g/mol. The van der Waals surface area contributed by atoms with Gasteiger partial charge in [0.1, 0.15) is 17.6 Å². The van der Waals surface area contributed by atoms with E-state index in [4.69, 9.17) is 8.60 Å². The minimum atomic E-state index is -3.90. The van der Waals surface area contributed by atoms with E-state index < -0.39 is 10.1 Å². The quantitative estimate of drug-likeness (QED) is 0.491. The fraction of sp³-hybridized carbons (Fsp3) is 0. The molecule has 0 N–H and O–H groups in total. The summed E-state index contributed by atoms with van der Waals surface area (Å²) < 4.78 is 35.2. The summed E-state index contributed by atoms with van der Waals surface area (Å²) in [4.78, 5) is 12.7. The lowest BCUT2D eigenvalue weighted by molar-refractivity contribution is 0.488. The number of benzene rings is 2. The van der Waals surface area contributed by atoms with Gasteiger partial charge in [0.2, 0.25) is 0 Å². The Balaban J connectivity index is 1.74. The van der Waals surface area contributed by atoms with Gasteiger partial charge in [0, 0.05) is 6.07 Å². The summed E-state index contributed by atoms with van der Waals surface area (Å²) in [5, 5.41) is 2.01. The first-order valence-corrected chi connectivity index (χ1v) is 9.92. The van der Waals surface area contributed by atoms with Gasteiger partial charge in [-0.15, -0.1) is 11.3 Å². The third kappa shape index (κ3) is 3.02. The van der Waals surface area contributed by atoms with Crippen molar-refractivity contribution in [2.24, 2.45) is 0 Å². The zero-order valence-corrected chi connectivity index (χ0v) is 14.9. The van der Waals surface area contributed by atoms with Crippen LogP contribution >= 0.6 is 11.3 Å². The van der Waals surface area contributed by atoms with Crippen molar-refractivity contribution in [3.05, 3.63) is 82.5 Å². The van der Waals surface area contributed by atoms with Crippen molar-refractivity contribution in [3.8, 4) is 16.9 Å². The first-order chi connectivity index (χ1) is 12.5. The molecule has 0 spiro atoms. The molecule has 130 valence electrons. The monoisotopic (exact) mass is 384 g/mol. The molecule has 2 heterocycles. The molecule has 0 fully saturated rings. The SMILES string of the molecule is O=c1c(-c2ccccc2)coc2cc(OS(=O)(=O)c3cccs3)ccc12. The van der Waals surface area contributed by atoms with Crippen LogP contribution in [0.5, 0.6) is 5.75 Å². The van der Waals surface area contributed by atoms with E-state index in [1.54, 1.807) is 11.4 Å². The largest absolute Gasteiger partial charge is 0.463 e. The highest BCUT2D eigenvalue weighted by atomic mass is 32.3. The van der Waals surface area contributed by atoms with Crippen LogP contribution in [0, 0.1) is 0 Å². The maximum absolute atomic E-state index is 12.7. The van der Waals surface area contributed by atoms with Crippen LogP contribution < -0.4 is 9.61 Å². The summed E-state index contributed by atoms with van der Waals surface area (Å²) >= 11 is 1.07. The zero-order valence-electron chi connectivity index (χ0n) is 13.3. The first-order valence-electron chi connectivity index (χ1n) is 7.63. The Bertz CT molecular complexity index is 1220. The molecule has 2 aromatic heterocycles. The van der Waals surface area contributed by atoms with Crippen LogP contribution in [-0.4, -0.2) is 8.42 Å². The van der Waals surface area contributed by atoms with Crippen LogP contribution in [0.25, 0.3) is 22.1 Å². The van der Waals surface area contributed by atoms with E-state index in [1.807, 2.05) is 30.3 Å². The fourth-order valence-corrected chi connectivity index (χ4v) is 4.42. The Morgan fingerprint density at radius 3 is 2.50 bits per heavy atom. The van der Waals surface area contributed by atoms with Crippen molar-refractivity contribution >= 4 is 32.4 Å². The van der Waals surface area contributed by atoms with E-state index in [0.717, 1.165) is 16.9 Å². The molecule has 0 aliphatic carbocycles. The summed E-state index contributed by atoms with van der Waals surface area (Å²) in [7, 11) is -3.90. The van der Waals surface area contributed by atoms with E-state index in [0.29, 0.717) is 10.9 Å². The average Bonchev–Trinajstić information content (AvgIpc) is 3.18. The van der Waals surface area contributed by atoms with Gasteiger partial charge in [-0.2, -0.15) is 8.42 Å². The van der Waals surface area contributed by atoms with Crippen LogP contribution in [-0.2, 0) is 10.1 Å². The third-order valence-electron chi connectivity index (χ3n) is 3.78. The Hall–Kier alpha value is -2.90. The highest BCUT2D eigenvalue weighted by molar-refractivity contribution is 7.89. The van der Waals surface area contributed by atoms with Gasteiger partial charge < -0.3 is 8.60 Å². The lowest BCUT2D eigenvalue weighted by Crippen LogP contribution is -2.09. The number of rotatable bonds is 4. The molecule has 7 heteroatoms. The molecule has 0 amide bonds. The summed E-state index contributed by atoms with van der Waals surface area (Å²) in [6, 6.07) is 16.6. The van der Waals surface area contributed by atoms with Gasteiger partial charge in [-0.05, 0) is 29.1 Å². The summed E-state index contributed by atoms with van der Waals surface area (Å²) in [6.45, 7) is 0. The van der Waals surface area contributed by atoms with Crippen LogP contribution in [0.2, 0.25) is 0 Å². The first kappa shape index (κ1) is 16.6. The molecule has 0 aliphatic heterocycles. The molecule has 0 saturated carbocycles. The van der Waals surface area contributed by atoms with E-state index in [-0.39, 0.29) is 21.0 Å². The maximum atomic E-state index is 12.7. The van der Waals surface area contributed by atoms with Crippen LogP contribution in [0.1, 0.15) is 0 Å². The molecule has 0 bridgehead atoms. The highest BCUT2D eigenvalue weighted by Crippen LogP contribution is 2.26. The molecule has 0 atom stereocenters. The number of fused-ring (bicyclic) bond motifs is 1. The van der Waals surface area contributed by atoms with Crippen LogP contribution in [0.4, 0.5) is 0 Å². The molecule has 0 radical (unpaired) electrons. The molecule has 5 nitrogen and oxygen atoms in total. The van der Waals surface area contributed by atoms with Gasteiger partial charge >= 0.3 is 10.1 Å². The molecular weight excluding hydrogens is 372 g/mol. The second-order valence-corrected chi connectivity index (χ2v) is 8.19. The van der Waals surface area contributed by atoms with Gasteiger partial charge in [0.05, 0.1) is 10.9 Å². The normalized spacial score (nSPS) is 11.5.